The highest BCUT2D eigenvalue weighted by Crippen LogP contribution is 2.35. The Labute approximate surface area is 105 Å². The number of aromatic nitrogens is 1. The number of anilines is 1. The molecular formula is C13H16N2OS. The van der Waals surface area contributed by atoms with Gasteiger partial charge in [0.1, 0.15) is 5.75 Å². The Hall–Kier alpha value is -1.55. The molecular weight excluding hydrogens is 232 g/mol. The van der Waals surface area contributed by atoms with Gasteiger partial charge in [0.05, 0.1) is 12.8 Å². The van der Waals surface area contributed by atoms with Crippen molar-refractivity contribution in [2.75, 3.05) is 12.8 Å². The molecule has 3 nitrogen and oxygen atoms in total. The summed E-state index contributed by atoms with van der Waals surface area (Å²) in [7, 11) is 1.68. The van der Waals surface area contributed by atoms with Crippen molar-refractivity contribution in [1.82, 2.24) is 4.98 Å². The second-order valence-corrected chi connectivity index (χ2v) is 5.33. The van der Waals surface area contributed by atoms with Crippen molar-refractivity contribution in [3.8, 4) is 17.0 Å². The van der Waals surface area contributed by atoms with E-state index in [0.29, 0.717) is 5.13 Å². The third-order valence-corrected chi connectivity index (χ3v) is 3.59. The number of thiazole rings is 1. The summed E-state index contributed by atoms with van der Waals surface area (Å²) in [5.74, 6) is 0.879. The van der Waals surface area contributed by atoms with E-state index in [2.05, 4.69) is 18.8 Å². The monoisotopic (exact) mass is 248 g/mol. The van der Waals surface area contributed by atoms with Crippen LogP contribution in [0.2, 0.25) is 0 Å². The lowest BCUT2D eigenvalue weighted by atomic mass is 9.99. The van der Waals surface area contributed by atoms with E-state index in [0.717, 1.165) is 33.0 Å². The second-order valence-electron chi connectivity index (χ2n) is 4.09. The first-order chi connectivity index (χ1) is 8.02. The first-order valence-electron chi connectivity index (χ1n) is 5.41. The summed E-state index contributed by atoms with van der Waals surface area (Å²) < 4.78 is 5.26. The van der Waals surface area contributed by atoms with Gasteiger partial charge in [-0.1, -0.05) is 0 Å². The summed E-state index contributed by atoms with van der Waals surface area (Å²) in [6, 6.07) is 4.05. The molecule has 17 heavy (non-hydrogen) atoms. The van der Waals surface area contributed by atoms with Crippen LogP contribution in [0.25, 0.3) is 11.3 Å². The number of hydrogen-bond donors (Lipinski definition) is 1. The lowest BCUT2D eigenvalue weighted by molar-refractivity contribution is 0.414. The van der Waals surface area contributed by atoms with Crippen molar-refractivity contribution in [3.63, 3.8) is 0 Å². The van der Waals surface area contributed by atoms with Crippen LogP contribution in [0.4, 0.5) is 5.13 Å². The first kappa shape index (κ1) is 11.9. The third kappa shape index (κ3) is 2.13. The lowest BCUT2D eigenvalue weighted by Gasteiger charge is -2.11. The molecule has 0 aliphatic rings. The Morgan fingerprint density at radius 1 is 1.18 bits per heavy atom. The minimum absolute atomic E-state index is 0.618. The predicted octanol–water partition coefficient (Wildman–Crippen LogP) is 3.33. The number of rotatable bonds is 2. The molecule has 0 atom stereocenters. The maximum atomic E-state index is 5.76. The van der Waals surface area contributed by atoms with Gasteiger partial charge >= 0.3 is 0 Å². The average Bonchev–Trinajstić information content (AvgIpc) is 2.57. The highest BCUT2D eigenvalue weighted by Gasteiger charge is 2.14. The zero-order valence-electron chi connectivity index (χ0n) is 10.5. The fraction of sp³-hybridized carbons (Fsp3) is 0.308. The summed E-state index contributed by atoms with van der Waals surface area (Å²) in [6.07, 6.45) is 0. The maximum Gasteiger partial charge on any atom is 0.180 e. The Balaban J connectivity index is 2.63. The number of hydrogen-bond acceptors (Lipinski definition) is 4. The normalized spacial score (nSPS) is 10.6. The molecule has 0 aliphatic carbocycles. The van der Waals surface area contributed by atoms with E-state index in [1.807, 2.05) is 19.1 Å². The quantitative estimate of drug-likeness (QED) is 0.886. The van der Waals surface area contributed by atoms with Crippen LogP contribution in [0.3, 0.4) is 0 Å². The van der Waals surface area contributed by atoms with Gasteiger partial charge in [0.15, 0.2) is 5.13 Å². The van der Waals surface area contributed by atoms with Crippen LogP contribution in [0.5, 0.6) is 5.75 Å². The number of methoxy groups -OCH3 is 1. The molecule has 1 aromatic heterocycles. The molecule has 0 unspecified atom stereocenters. The summed E-state index contributed by atoms with van der Waals surface area (Å²) in [4.78, 5) is 5.56. The molecule has 0 fully saturated rings. The van der Waals surface area contributed by atoms with E-state index in [9.17, 15) is 0 Å². The molecule has 0 amide bonds. The molecule has 0 bridgehead atoms. The molecule has 0 saturated heterocycles. The van der Waals surface area contributed by atoms with Crippen LogP contribution in [0.15, 0.2) is 12.1 Å². The van der Waals surface area contributed by atoms with E-state index in [1.54, 1.807) is 7.11 Å². The van der Waals surface area contributed by atoms with Crippen LogP contribution >= 0.6 is 11.3 Å². The number of aryl methyl sites for hydroxylation is 3. The van der Waals surface area contributed by atoms with Crippen molar-refractivity contribution in [2.24, 2.45) is 0 Å². The fourth-order valence-corrected chi connectivity index (χ4v) is 2.76. The Morgan fingerprint density at radius 2 is 1.76 bits per heavy atom. The zero-order chi connectivity index (χ0) is 12.6. The van der Waals surface area contributed by atoms with Crippen molar-refractivity contribution in [3.05, 3.63) is 28.1 Å². The van der Waals surface area contributed by atoms with E-state index < -0.39 is 0 Å². The summed E-state index contributed by atoms with van der Waals surface area (Å²) in [5.41, 5.74) is 10.2. The van der Waals surface area contributed by atoms with E-state index in [4.69, 9.17) is 10.5 Å². The molecule has 4 heteroatoms. The first-order valence-corrected chi connectivity index (χ1v) is 6.23. The average molecular weight is 248 g/mol. The standard InChI is InChI=1S/C13H16N2OS/c1-7-5-10(16-4)6-8(2)11(7)12-9(3)17-13(14)15-12/h5-6H,1-4H3,(H2,14,15). The highest BCUT2D eigenvalue weighted by molar-refractivity contribution is 7.15. The molecule has 0 spiro atoms. The van der Waals surface area contributed by atoms with E-state index in [1.165, 1.54) is 11.3 Å². The van der Waals surface area contributed by atoms with E-state index >= 15 is 0 Å². The molecule has 0 radical (unpaired) electrons. The second kappa shape index (κ2) is 4.37. The summed E-state index contributed by atoms with van der Waals surface area (Å²) >= 11 is 1.53. The Bertz CT molecular complexity index is 538. The number of nitrogen functional groups attached to an aromatic ring is 1. The van der Waals surface area contributed by atoms with Gasteiger partial charge < -0.3 is 10.5 Å². The largest absolute Gasteiger partial charge is 0.497 e. The third-order valence-electron chi connectivity index (χ3n) is 2.79. The Morgan fingerprint density at radius 3 is 2.18 bits per heavy atom. The van der Waals surface area contributed by atoms with Crippen LogP contribution in [-0.4, -0.2) is 12.1 Å². The zero-order valence-corrected chi connectivity index (χ0v) is 11.3. The number of benzene rings is 1. The lowest BCUT2D eigenvalue weighted by Crippen LogP contribution is -1.93. The molecule has 0 saturated carbocycles. The summed E-state index contributed by atoms with van der Waals surface area (Å²) in [5, 5.41) is 0.618. The molecule has 1 aromatic carbocycles. The minimum atomic E-state index is 0.618. The minimum Gasteiger partial charge on any atom is -0.497 e. The van der Waals surface area contributed by atoms with Crippen molar-refractivity contribution in [1.29, 1.82) is 0 Å². The van der Waals surface area contributed by atoms with Gasteiger partial charge in [-0.25, -0.2) is 4.98 Å². The van der Waals surface area contributed by atoms with Crippen molar-refractivity contribution < 1.29 is 4.74 Å². The van der Waals surface area contributed by atoms with Crippen LogP contribution in [-0.2, 0) is 0 Å². The van der Waals surface area contributed by atoms with Gasteiger partial charge in [-0.05, 0) is 44.0 Å². The van der Waals surface area contributed by atoms with Crippen molar-refractivity contribution in [2.45, 2.75) is 20.8 Å². The SMILES string of the molecule is COc1cc(C)c(-c2nc(N)sc2C)c(C)c1. The predicted molar refractivity (Wildman–Crippen MR) is 72.7 cm³/mol. The van der Waals surface area contributed by atoms with Gasteiger partial charge in [0.2, 0.25) is 0 Å². The smallest absolute Gasteiger partial charge is 0.180 e. The van der Waals surface area contributed by atoms with Crippen LogP contribution < -0.4 is 10.5 Å². The van der Waals surface area contributed by atoms with Gasteiger partial charge in [-0.15, -0.1) is 11.3 Å². The summed E-state index contributed by atoms with van der Waals surface area (Å²) in [6.45, 7) is 6.19. The highest BCUT2D eigenvalue weighted by atomic mass is 32.1. The molecule has 1 heterocycles. The molecule has 2 N–H and O–H groups in total. The van der Waals surface area contributed by atoms with Crippen LogP contribution in [0.1, 0.15) is 16.0 Å². The topological polar surface area (TPSA) is 48.1 Å². The fourth-order valence-electron chi connectivity index (χ4n) is 2.06. The number of nitrogens with two attached hydrogens (primary N) is 1. The molecule has 90 valence electrons. The number of nitrogens with zero attached hydrogens (tertiary/aromatic N) is 1. The van der Waals surface area contributed by atoms with E-state index in [-0.39, 0.29) is 0 Å². The molecule has 2 rings (SSSR count). The van der Waals surface area contributed by atoms with Gasteiger partial charge in [-0.3, -0.25) is 0 Å². The van der Waals surface area contributed by atoms with Crippen LogP contribution in [0, 0.1) is 20.8 Å². The van der Waals surface area contributed by atoms with Gasteiger partial charge in [-0.2, -0.15) is 0 Å². The molecule has 2 aromatic rings. The molecule has 0 aliphatic heterocycles. The van der Waals surface area contributed by atoms with Gasteiger partial charge in [0, 0.05) is 10.4 Å². The number of ether oxygens (including phenoxy) is 1. The van der Waals surface area contributed by atoms with Crippen molar-refractivity contribution >= 4 is 16.5 Å². The maximum absolute atomic E-state index is 5.76. The Kier molecular flexibility index (Phi) is 3.07. The van der Waals surface area contributed by atoms with Gasteiger partial charge in [0.25, 0.3) is 0 Å².